The van der Waals surface area contributed by atoms with Gasteiger partial charge in [0.2, 0.25) is 0 Å². The van der Waals surface area contributed by atoms with Crippen molar-refractivity contribution in [3.63, 3.8) is 0 Å². The molecule has 2 amide bonds. The zero-order chi connectivity index (χ0) is 15.8. The van der Waals surface area contributed by atoms with Crippen molar-refractivity contribution in [1.29, 1.82) is 0 Å². The van der Waals surface area contributed by atoms with Crippen molar-refractivity contribution in [2.24, 2.45) is 0 Å². The summed E-state index contributed by atoms with van der Waals surface area (Å²) in [5.41, 5.74) is 0.347. The molecule has 1 rings (SSSR count). The van der Waals surface area contributed by atoms with Gasteiger partial charge in [0.05, 0.1) is 24.5 Å². The minimum atomic E-state index is -1.10. The maximum absolute atomic E-state index is 12.4. The molecular weight excluding hydrogens is 276 g/mol. The zero-order valence-electron chi connectivity index (χ0n) is 12.2. The number of carboxylic acid groups (broad SMARTS) is 1. The van der Waals surface area contributed by atoms with E-state index in [0.29, 0.717) is 18.8 Å². The van der Waals surface area contributed by atoms with Gasteiger partial charge in [-0.05, 0) is 12.1 Å². The number of hydrogen-bond donors (Lipinski definition) is 2. The van der Waals surface area contributed by atoms with E-state index < -0.39 is 12.0 Å². The van der Waals surface area contributed by atoms with Gasteiger partial charge in [-0.1, -0.05) is 12.1 Å². The fraction of sp³-hybridized carbons (Fsp3) is 0.429. The van der Waals surface area contributed by atoms with Crippen LogP contribution < -0.4 is 4.90 Å². The number of aliphatic hydroxyl groups excluding tert-OH is 1. The Bertz CT molecular complexity index is 492. The Morgan fingerprint density at radius 3 is 2.48 bits per heavy atom. The topological polar surface area (TPSA) is 90.3 Å². The average molecular weight is 296 g/mol. The Morgan fingerprint density at radius 2 is 1.90 bits per heavy atom. The second-order valence-electron chi connectivity index (χ2n) is 4.37. The highest BCUT2D eigenvalue weighted by molar-refractivity contribution is 6.01. The summed E-state index contributed by atoms with van der Waals surface area (Å²) in [6.45, 7) is 0.626. The molecule has 0 aliphatic carbocycles. The molecule has 1 aromatic rings. The number of hydrogen-bond acceptors (Lipinski definition) is 4. The lowest BCUT2D eigenvalue weighted by molar-refractivity contribution is 0.0697. The number of amides is 2. The Kier molecular flexibility index (Phi) is 6.64. The Hall–Kier alpha value is -2.12. The first-order chi connectivity index (χ1) is 10.0. The van der Waals surface area contributed by atoms with Crippen LogP contribution in [0, 0.1) is 0 Å². The van der Waals surface area contributed by atoms with E-state index in [1.165, 1.54) is 30.0 Å². The van der Waals surface area contributed by atoms with Crippen LogP contribution in [0.3, 0.4) is 0 Å². The number of nitrogens with zero attached hydrogens (tertiary/aromatic N) is 2. The fourth-order valence-corrected chi connectivity index (χ4v) is 1.89. The third kappa shape index (κ3) is 4.44. The Balaban J connectivity index is 2.97. The highest BCUT2D eigenvalue weighted by Crippen LogP contribution is 2.20. The predicted octanol–water partition coefficient (Wildman–Crippen LogP) is 0.882. The molecule has 0 atom stereocenters. The molecule has 0 saturated heterocycles. The fourth-order valence-electron chi connectivity index (χ4n) is 1.89. The molecule has 0 radical (unpaired) electrons. The molecule has 0 aliphatic heterocycles. The lowest BCUT2D eigenvalue weighted by Crippen LogP contribution is -2.44. The minimum absolute atomic E-state index is 0.0454. The van der Waals surface area contributed by atoms with Crippen LogP contribution in [0.5, 0.6) is 0 Å². The molecule has 0 aromatic heterocycles. The molecule has 7 heteroatoms. The summed E-state index contributed by atoms with van der Waals surface area (Å²) in [7, 11) is 3.02. The first kappa shape index (κ1) is 16.9. The monoisotopic (exact) mass is 296 g/mol. The third-order valence-electron chi connectivity index (χ3n) is 2.99. The summed E-state index contributed by atoms with van der Waals surface area (Å²) >= 11 is 0. The first-order valence-electron chi connectivity index (χ1n) is 6.47. The van der Waals surface area contributed by atoms with Crippen LogP contribution in [0.15, 0.2) is 24.3 Å². The van der Waals surface area contributed by atoms with Crippen molar-refractivity contribution in [1.82, 2.24) is 4.90 Å². The van der Waals surface area contributed by atoms with Crippen LogP contribution in [0.2, 0.25) is 0 Å². The van der Waals surface area contributed by atoms with Gasteiger partial charge in [-0.25, -0.2) is 9.59 Å². The van der Waals surface area contributed by atoms with Gasteiger partial charge < -0.3 is 19.8 Å². The van der Waals surface area contributed by atoms with Gasteiger partial charge in [-0.3, -0.25) is 4.90 Å². The maximum Gasteiger partial charge on any atom is 0.337 e. The van der Waals surface area contributed by atoms with E-state index in [9.17, 15) is 9.59 Å². The number of anilines is 1. The number of para-hydroxylation sites is 1. The maximum atomic E-state index is 12.4. The van der Waals surface area contributed by atoms with Crippen molar-refractivity contribution in [2.45, 2.75) is 0 Å². The van der Waals surface area contributed by atoms with E-state index in [0.717, 1.165) is 0 Å². The molecule has 0 aliphatic rings. The lowest BCUT2D eigenvalue weighted by atomic mass is 10.1. The number of carbonyl (C=O) groups excluding carboxylic acids is 1. The molecule has 1 aromatic carbocycles. The molecule has 7 nitrogen and oxygen atoms in total. The minimum Gasteiger partial charge on any atom is -0.478 e. The summed E-state index contributed by atoms with van der Waals surface area (Å²) in [6, 6.07) is 5.87. The van der Waals surface area contributed by atoms with Gasteiger partial charge in [-0.2, -0.15) is 0 Å². The van der Waals surface area contributed by atoms with Gasteiger partial charge >= 0.3 is 12.0 Å². The Morgan fingerprint density at radius 1 is 1.24 bits per heavy atom. The van der Waals surface area contributed by atoms with Gasteiger partial charge in [-0.15, -0.1) is 0 Å². The molecule has 0 fully saturated rings. The molecule has 21 heavy (non-hydrogen) atoms. The number of methoxy groups -OCH3 is 1. The molecule has 2 N–H and O–H groups in total. The second kappa shape index (κ2) is 8.23. The van der Waals surface area contributed by atoms with Crippen LogP contribution >= 0.6 is 0 Å². The van der Waals surface area contributed by atoms with Crippen molar-refractivity contribution in [3.8, 4) is 0 Å². The molecule has 0 spiro atoms. The number of ether oxygens (including phenoxy) is 1. The second-order valence-corrected chi connectivity index (χ2v) is 4.37. The standard InChI is InChI=1S/C14H20N2O5/c1-15(12-6-4-3-5-11(12)13(18)19)14(20)16(7-9-17)8-10-21-2/h3-6,17H,7-10H2,1-2H3,(H,18,19). The van der Waals surface area contributed by atoms with E-state index in [4.69, 9.17) is 14.9 Å². The number of aromatic carboxylic acids is 1. The van der Waals surface area contributed by atoms with E-state index in [1.54, 1.807) is 18.2 Å². The normalized spacial score (nSPS) is 10.2. The van der Waals surface area contributed by atoms with Crippen molar-refractivity contribution < 1.29 is 24.5 Å². The van der Waals surface area contributed by atoms with Gasteiger partial charge in [0, 0.05) is 27.2 Å². The van der Waals surface area contributed by atoms with Crippen LogP contribution in [-0.4, -0.2) is 67.6 Å². The molecule has 116 valence electrons. The predicted molar refractivity (Wildman–Crippen MR) is 77.7 cm³/mol. The van der Waals surface area contributed by atoms with Crippen LogP contribution in [0.4, 0.5) is 10.5 Å². The third-order valence-corrected chi connectivity index (χ3v) is 2.99. The molecule has 0 bridgehead atoms. The number of aliphatic hydroxyl groups is 1. The van der Waals surface area contributed by atoms with E-state index >= 15 is 0 Å². The van der Waals surface area contributed by atoms with Crippen LogP contribution in [0.25, 0.3) is 0 Å². The van der Waals surface area contributed by atoms with Crippen LogP contribution in [-0.2, 0) is 4.74 Å². The van der Waals surface area contributed by atoms with E-state index in [2.05, 4.69) is 0 Å². The zero-order valence-corrected chi connectivity index (χ0v) is 12.2. The summed E-state index contributed by atoms with van der Waals surface area (Å²) in [5, 5.41) is 18.2. The van der Waals surface area contributed by atoms with Gasteiger partial charge in [0.25, 0.3) is 0 Å². The highest BCUT2D eigenvalue weighted by atomic mass is 16.5. The summed E-state index contributed by atoms with van der Waals surface area (Å²) < 4.78 is 4.93. The number of urea groups is 1. The van der Waals surface area contributed by atoms with Gasteiger partial charge in [0.15, 0.2) is 0 Å². The summed E-state index contributed by atoms with van der Waals surface area (Å²) in [4.78, 5) is 26.3. The van der Waals surface area contributed by atoms with E-state index in [1.807, 2.05) is 0 Å². The average Bonchev–Trinajstić information content (AvgIpc) is 2.50. The molecule has 0 heterocycles. The summed E-state index contributed by atoms with van der Waals surface area (Å²) in [6.07, 6.45) is 0. The SMILES string of the molecule is COCCN(CCO)C(=O)N(C)c1ccccc1C(=O)O. The largest absolute Gasteiger partial charge is 0.478 e. The van der Waals surface area contributed by atoms with Crippen molar-refractivity contribution in [2.75, 3.05) is 45.4 Å². The smallest absolute Gasteiger partial charge is 0.337 e. The Labute approximate surface area is 123 Å². The molecular formula is C14H20N2O5. The first-order valence-corrected chi connectivity index (χ1v) is 6.47. The van der Waals surface area contributed by atoms with Crippen molar-refractivity contribution >= 4 is 17.7 Å². The molecule has 0 saturated carbocycles. The quantitative estimate of drug-likeness (QED) is 0.779. The number of rotatable bonds is 7. The van der Waals surface area contributed by atoms with E-state index in [-0.39, 0.29) is 18.7 Å². The number of carboxylic acids is 1. The highest BCUT2D eigenvalue weighted by Gasteiger charge is 2.22. The van der Waals surface area contributed by atoms with Gasteiger partial charge in [0.1, 0.15) is 0 Å². The molecule has 0 unspecified atom stereocenters. The lowest BCUT2D eigenvalue weighted by Gasteiger charge is -2.28. The number of benzene rings is 1. The summed E-state index contributed by atoms with van der Waals surface area (Å²) in [5.74, 6) is -1.10. The number of carbonyl (C=O) groups is 2. The van der Waals surface area contributed by atoms with Crippen molar-refractivity contribution in [3.05, 3.63) is 29.8 Å². The van der Waals surface area contributed by atoms with Crippen LogP contribution in [0.1, 0.15) is 10.4 Å².